The Morgan fingerprint density at radius 2 is 1.67 bits per heavy atom. The van der Waals surface area contributed by atoms with Crippen LogP contribution in [0.2, 0.25) is 0 Å². The zero-order valence-electron chi connectivity index (χ0n) is 20.6. The molecule has 7 heteroatoms. The Hall–Kier alpha value is -4.13. The van der Waals surface area contributed by atoms with Gasteiger partial charge in [-0.1, -0.05) is 24.3 Å². The number of nitrogens with zero attached hydrogens (tertiary/aromatic N) is 3. The van der Waals surface area contributed by atoms with Crippen LogP contribution in [0.15, 0.2) is 67.0 Å². The van der Waals surface area contributed by atoms with Crippen molar-refractivity contribution in [1.82, 2.24) is 9.97 Å². The van der Waals surface area contributed by atoms with E-state index in [9.17, 15) is 4.39 Å². The highest BCUT2D eigenvalue weighted by molar-refractivity contribution is 5.69. The molecule has 0 unspecified atom stereocenters. The lowest BCUT2D eigenvalue weighted by molar-refractivity contribution is 0.331. The number of ether oxygens (including phenoxy) is 3. The zero-order chi connectivity index (χ0) is 25.1. The highest BCUT2D eigenvalue weighted by atomic mass is 19.1. The van der Waals surface area contributed by atoms with Crippen LogP contribution in [0.4, 0.5) is 10.2 Å². The summed E-state index contributed by atoms with van der Waals surface area (Å²) in [6.07, 6.45) is 2.23. The standard InChI is InChI=1S/C29H28FN3O3/c1-19-25(14-20-4-8-24(30)9-5-20)29(32-18-31-19)33-12-13-36-26-10-6-21(15-23(26)17-33)22-7-11-27(34-2)28(16-22)35-3/h4-11,15-16,18H,12-14,17H2,1-3H3. The number of methoxy groups -OCH3 is 2. The first-order chi connectivity index (χ1) is 17.6. The lowest BCUT2D eigenvalue weighted by Gasteiger charge is -2.24. The van der Waals surface area contributed by atoms with Crippen LogP contribution in [0, 0.1) is 12.7 Å². The van der Waals surface area contributed by atoms with E-state index < -0.39 is 0 Å². The number of benzene rings is 3. The molecule has 1 aliphatic rings. The van der Waals surface area contributed by atoms with E-state index in [-0.39, 0.29) is 5.82 Å². The van der Waals surface area contributed by atoms with Gasteiger partial charge in [-0.2, -0.15) is 0 Å². The van der Waals surface area contributed by atoms with E-state index in [1.807, 2.05) is 43.3 Å². The summed E-state index contributed by atoms with van der Waals surface area (Å²) >= 11 is 0. The highest BCUT2D eigenvalue weighted by Gasteiger charge is 2.21. The molecule has 6 nitrogen and oxygen atoms in total. The van der Waals surface area contributed by atoms with E-state index in [1.54, 1.807) is 20.5 Å². The number of aryl methyl sites for hydroxylation is 1. The third-order valence-corrected chi connectivity index (χ3v) is 6.49. The largest absolute Gasteiger partial charge is 0.493 e. The number of aromatic nitrogens is 2. The van der Waals surface area contributed by atoms with Crippen LogP contribution < -0.4 is 19.1 Å². The molecule has 4 aromatic rings. The molecular weight excluding hydrogens is 457 g/mol. The third-order valence-electron chi connectivity index (χ3n) is 6.49. The van der Waals surface area contributed by atoms with Crippen LogP contribution in [0.25, 0.3) is 11.1 Å². The van der Waals surface area contributed by atoms with Crippen LogP contribution in [0.3, 0.4) is 0 Å². The monoisotopic (exact) mass is 485 g/mol. The van der Waals surface area contributed by atoms with Crippen molar-refractivity contribution < 1.29 is 18.6 Å². The van der Waals surface area contributed by atoms with Gasteiger partial charge in [0.05, 0.1) is 20.8 Å². The molecule has 0 amide bonds. The predicted molar refractivity (Wildman–Crippen MR) is 138 cm³/mol. The topological polar surface area (TPSA) is 56.7 Å². The van der Waals surface area contributed by atoms with Crippen LogP contribution in [-0.4, -0.2) is 37.3 Å². The Labute approximate surface area is 210 Å². The van der Waals surface area contributed by atoms with E-state index in [1.165, 1.54) is 12.1 Å². The quantitative estimate of drug-likeness (QED) is 0.355. The molecule has 184 valence electrons. The number of hydrogen-bond donors (Lipinski definition) is 0. The Bertz CT molecular complexity index is 1380. The van der Waals surface area contributed by atoms with E-state index >= 15 is 0 Å². The molecule has 0 saturated carbocycles. The van der Waals surface area contributed by atoms with Gasteiger partial charge in [-0.3, -0.25) is 0 Å². The number of anilines is 1. The van der Waals surface area contributed by atoms with Crippen LogP contribution in [0.5, 0.6) is 17.2 Å². The molecule has 0 aliphatic carbocycles. The second kappa shape index (κ2) is 10.2. The third kappa shape index (κ3) is 4.82. The molecule has 0 saturated heterocycles. The normalized spacial score (nSPS) is 12.9. The van der Waals surface area contributed by atoms with Crippen LogP contribution >= 0.6 is 0 Å². The molecule has 5 rings (SSSR count). The summed E-state index contributed by atoms with van der Waals surface area (Å²) < 4.78 is 30.4. The number of hydrogen-bond acceptors (Lipinski definition) is 6. The van der Waals surface area contributed by atoms with Gasteiger partial charge in [0.1, 0.15) is 30.3 Å². The van der Waals surface area contributed by atoms with Crippen molar-refractivity contribution in [3.63, 3.8) is 0 Å². The second-order valence-electron chi connectivity index (χ2n) is 8.73. The first-order valence-corrected chi connectivity index (χ1v) is 11.8. The van der Waals surface area contributed by atoms with E-state index in [0.717, 1.165) is 45.1 Å². The molecule has 1 aliphatic heterocycles. The Balaban J connectivity index is 1.48. The SMILES string of the molecule is COc1ccc(-c2ccc3c(c2)CN(c2ncnc(C)c2Cc2ccc(F)cc2)CCO3)cc1OC. The highest BCUT2D eigenvalue weighted by Crippen LogP contribution is 2.36. The van der Waals surface area contributed by atoms with Gasteiger partial charge in [-0.25, -0.2) is 14.4 Å². The maximum Gasteiger partial charge on any atom is 0.161 e. The first-order valence-electron chi connectivity index (χ1n) is 11.8. The van der Waals surface area contributed by atoms with E-state index in [0.29, 0.717) is 37.6 Å². The number of halogens is 1. The lowest BCUT2D eigenvalue weighted by Crippen LogP contribution is -2.28. The van der Waals surface area contributed by atoms with Crippen molar-refractivity contribution in [2.24, 2.45) is 0 Å². The van der Waals surface area contributed by atoms with Crippen LogP contribution in [0.1, 0.15) is 22.4 Å². The van der Waals surface area contributed by atoms with Crippen molar-refractivity contribution in [3.8, 4) is 28.4 Å². The van der Waals surface area contributed by atoms with Gasteiger partial charge in [0.2, 0.25) is 0 Å². The maximum atomic E-state index is 13.4. The van der Waals surface area contributed by atoms with Crippen molar-refractivity contribution in [2.75, 3.05) is 32.3 Å². The molecule has 0 fully saturated rings. The fraction of sp³-hybridized carbons (Fsp3) is 0.241. The van der Waals surface area contributed by atoms with Gasteiger partial charge in [0.25, 0.3) is 0 Å². The summed E-state index contributed by atoms with van der Waals surface area (Å²) in [6.45, 7) is 3.86. The van der Waals surface area contributed by atoms with Gasteiger partial charge >= 0.3 is 0 Å². The van der Waals surface area contributed by atoms with Crippen molar-refractivity contribution in [2.45, 2.75) is 19.9 Å². The van der Waals surface area contributed by atoms with Crippen molar-refractivity contribution >= 4 is 5.82 Å². The fourth-order valence-electron chi connectivity index (χ4n) is 4.54. The number of rotatable bonds is 6. The molecule has 3 aromatic carbocycles. The molecule has 0 N–H and O–H groups in total. The minimum Gasteiger partial charge on any atom is -0.493 e. The number of fused-ring (bicyclic) bond motifs is 1. The average Bonchev–Trinajstić information content (AvgIpc) is 3.12. The Kier molecular flexibility index (Phi) is 6.71. The summed E-state index contributed by atoms with van der Waals surface area (Å²) in [4.78, 5) is 11.3. The summed E-state index contributed by atoms with van der Waals surface area (Å²) in [6, 6.07) is 18.7. The van der Waals surface area contributed by atoms with Gasteiger partial charge in [0, 0.05) is 29.8 Å². The maximum absolute atomic E-state index is 13.4. The van der Waals surface area contributed by atoms with Gasteiger partial charge in [-0.15, -0.1) is 0 Å². The zero-order valence-corrected chi connectivity index (χ0v) is 20.6. The lowest BCUT2D eigenvalue weighted by atomic mass is 10.0. The Morgan fingerprint density at radius 3 is 2.44 bits per heavy atom. The molecule has 36 heavy (non-hydrogen) atoms. The van der Waals surface area contributed by atoms with Gasteiger partial charge in [-0.05, 0) is 60.0 Å². The van der Waals surface area contributed by atoms with E-state index in [4.69, 9.17) is 14.2 Å². The van der Waals surface area contributed by atoms with Crippen molar-refractivity contribution in [3.05, 3.63) is 95.2 Å². The molecule has 2 heterocycles. The first kappa shape index (κ1) is 23.6. The molecule has 0 spiro atoms. The molecular formula is C29H28FN3O3. The van der Waals surface area contributed by atoms with Gasteiger partial charge < -0.3 is 19.1 Å². The van der Waals surface area contributed by atoms with Gasteiger partial charge in [0.15, 0.2) is 11.5 Å². The smallest absolute Gasteiger partial charge is 0.161 e. The van der Waals surface area contributed by atoms with E-state index in [2.05, 4.69) is 27.0 Å². The Morgan fingerprint density at radius 1 is 0.917 bits per heavy atom. The summed E-state index contributed by atoms with van der Waals surface area (Å²) in [5.41, 5.74) is 6.12. The molecule has 0 bridgehead atoms. The summed E-state index contributed by atoms with van der Waals surface area (Å²) in [7, 11) is 3.27. The summed E-state index contributed by atoms with van der Waals surface area (Å²) in [5.74, 6) is 2.88. The molecule has 0 atom stereocenters. The van der Waals surface area contributed by atoms with Crippen molar-refractivity contribution in [1.29, 1.82) is 0 Å². The minimum atomic E-state index is -0.244. The molecule has 1 aromatic heterocycles. The summed E-state index contributed by atoms with van der Waals surface area (Å²) in [5, 5.41) is 0. The second-order valence-corrected chi connectivity index (χ2v) is 8.73. The average molecular weight is 486 g/mol. The van der Waals surface area contributed by atoms with Crippen LogP contribution in [-0.2, 0) is 13.0 Å². The fourth-order valence-corrected chi connectivity index (χ4v) is 4.54. The minimum absolute atomic E-state index is 0.244. The predicted octanol–water partition coefficient (Wildman–Crippen LogP) is 5.60. The molecule has 0 radical (unpaired) electrons.